The fraction of sp³-hybridized carbons (Fsp3) is 0.250. The molecule has 5 nitrogen and oxygen atoms in total. The monoisotopic (exact) mass is 400 g/mol. The molecule has 0 aliphatic carbocycles. The highest BCUT2D eigenvalue weighted by molar-refractivity contribution is 7.99. The number of carbonyl (C=O) groups is 1. The van der Waals surface area contributed by atoms with Crippen LogP contribution in [0.3, 0.4) is 0 Å². The van der Waals surface area contributed by atoms with Gasteiger partial charge in [-0.15, -0.1) is 10.2 Å². The SMILES string of the molecule is CC(C)c1ccccc1NC(=O)CSc1nnc(-c2cccc(Cl)c2)n1C. The molecule has 1 heterocycles. The maximum atomic E-state index is 12.4. The van der Waals surface area contributed by atoms with Crippen LogP contribution in [0.4, 0.5) is 5.69 Å². The highest BCUT2D eigenvalue weighted by atomic mass is 35.5. The molecule has 1 aromatic heterocycles. The standard InChI is InChI=1S/C20H21ClN4OS/c1-13(2)16-9-4-5-10-17(16)22-18(26)12-27-20-24-23-19(25(20)3)14-7-6-8-15(21)11-14/h4-11,13H,12H2,1-3H3,(H,22,26). The van der Waals surface area contributed by atoms with Crippen LogP contribution in [-0.4, -0.2) is 26.4 Å². The van der Waals surface area contributed by atoms with E-state index in [-0.39, 0.29) is 11.7 Å². The second-order valence-electron chi connectivity index (χ2n) is 6.45. The van der Waals surface area contributed by atoms with Crippen molar-refractivity contribution in [3.63, 3.8) is 0 Å². The largest absolute Gasteiger partial charge is 0.325 e. The van der Waals surface area contributed by atoms with E-state index in [1.807, 2.05) is 60.1 Å². The van der Waals surface area contributed by atoms with Gasteiger partial charge in [0, 0.05) is 23.3 Å². The molecule has 0 saturated carbocycles. The van der Waals surface area contributed by atoms with Gasteiger partial charge in [-0.25, -0.2) is 0 Å². The van der Waals surface area contributed by atoms with Gasteiger partial charge >= 0.3 is 0 Å². The number of halogens is 1. The van der Waals surface area contributed by atoms with Crippen LogP contribution in [0.2, 0.25) is 5.02 Å². The average molecular weight is 401 g/mol. The second kappa shape index (κ2) is 8.59. The van der Waals surface area contributed by atoms with Gasteiger partial charge in [0.2, 0.25) is 5.91 Å². The summed E-state index contributed by atoms with van der Waals surface area (Å²) in [5, 5.41) is 12.7. The zero-order valence-corrected chi connectivity index (χ0v) is 17.0. The van der Waals surface area contributed by atoms with Crippen molar-refractivity contribution in [1.82, 2.24) is 14.8 Å². The molecule has 0 saturated heterocycles. The molecule has 140 valence electrons. The number of rotatable bonds is 6. The van der Waals surface area contributed by atoms with E-state index >= 15 is 0 Å². The zero-order chi connectivity index (χ0) is 19.4. The lowest BCUT2D eigenvalue weighted by Crippen LogP contribution is -2.16. The van der Waals surface area contributed by atoms with Crippen molar-refractivity contribution in [2.24, 2.45) is 7.05 Å². The zero-order valence-electron chi connectivity index (χ0n) is 15.4. The van der Waals surface area contributed by atoms with Gasteiger partial charge in [-0.1, -0.05) is 67.5 Å². The van der Waals surface area contributed by atoms with Gasteiger partial charge in [-0.05, 0) is 29.7 Å². The molecule has 27 heavy (non-hydrogen) atoms. The van der Waals surface area contributed by atoms with Gasteiger partial charge in [0.1, 0.15) is 0 Å². The Morgan fingerprint density at radius 1 is 1.19 bits per heavy atom. The van der Waals surface area contributed by atoms with Gasteiger partial charge in [0.05, 0.1) is 5.75 Å². The van der Waals surface area contributed by atoms with Crippen LogP contribution < -0.4 is 5.32 Å². The number of thioether (sulfide) groups is 1. The lowest BCUT2D eigenvalue weighted by Gasteiger charge is -2.13. The summed E-state index contributed by atoms with van der Waals surface area (Å²) in [6.07, 6.45) is 0. The first-order valence-corrected chi connectivity index (χ1v) is 9.99. The van der Waals surface area contributed by atoms with Crippen LogP contribution in [0.1, 0.15) is 25.3 Å². The van der Waals surface area contributed by atoms with E-state index in [0.717, 1.165) is 16.8 Å². The van der Waals surface area contributed by atoms with Crippen LogP contribution in [0.5, 0.6) is 0 Å². The van der Waals surface area contributed by atoms with Crippen molar-refractivity contribution in [1.29, 1.82) is 0 Å². The van der Waals surface area contributed by atoms with E-state index in [9.17, 15) is 4.79 Å². The molecule has 0 bridgehead atoms. The first kappa shape index (κ1) is 19.5. The van der Waals surface area contributed by atoms with Gasteiger partial charge in [-0.3, -0.25) is 4.79 Å². The second-order valence-corrected chi connectivity index (χ2v) is 7.83. The summed E-state index contributed by atoms with van der Waals surface area (Å²) in [5.74, 6) is 1.24. The van der Waals surface area contributed by atoms with Crippen molar-refractivity contribution < 1.29 is 4.79 Å². The number of aromatic nitrogens is 3. The number of hydrogen-bond acceptors (Lipinski definition) is 4. The van der Waals surface area contributed by atoms with Crippen LogP contribution in [-0.2, 0) is 11.8 Å². The van der Waals surface area contributed by atoms with E-state index in [2.05, 4.69) is 29.4 Å². The van der Waals surface area contributed by atoms with E-state index in [1.54, 1.807) is 0 Å². The summed E-state index contributed by atoms with van der Waals surface area (Å²) in [4.78, 5) is 12.4. The molecular weight excluding hydrogens is 380 g/mol. The van der Waals surface area contributed by atoms with E-state index in [0.29, 0.717) is 21.9 Å². The molecule has 0 atom stereocenters. The number of carbonyl (C=O) groups excluding carboxylic acids is 1. The highest BCUT2D eigenvalue weighted by Crippen LogP contribution is 2.26. The van der Waals surface area contributed by atoms with Crippen LogP contribution in [0.25, 0.3) is 11.4 Å². The fourth-order valence-corrected chi connectivity index (χ4v) is 3.65. The minimum Gasteiger partial charge on any atom is -0.325 e. The Labute approximate surface area is 168 Å². The molecule has 0 radical (unpaired) electrons. The third-order valence-electron chi connectivity index (χ3n) is 4.11. The minimum atomic E-state index is -0.0691. The number of nitrogens with one attached hydrogen (secondary N) is 1. The molecule has 0 aliphatic heterocycles. The number of para-hydroxylation sites is 1. The van der Waals surface area contributed by atoms with Crippen molar-refractivity contribution in [2.75, 3.05) is 11.1 Å². The Morgan fingerprint density at radius 2 is 1.96 bits per heavy atom. The van der Waals surface area contributed by atoms with Crippen LogP contribution in [0, 0.1) is 0 Å². The quantitative estimate of drug-likeness (QED) is 0.592. The van der Waals surface area contributed by atoms with Crippen molar-refractivity contribution in [3.05, 3.63) is 59.1 Å². The fourth-order valence-electron chi connectivity index (χ4n) is 2.75. The molecule has 1 amide bonds. The third kappa shape index (κ3) is 4.70. The molecule has 3 aromatic rings. The summed E-state index contributed by atoms with van der Waals surface area (Å²) in [7, 11) is 1.88. The molecule has 0 fully saturated rings. The Kier molecular flexibility index (Phi) is 6.19. The van der Waals surface area contributed by atoms with Gasteiger partial charge in [0.15, 0.2) is 11.0 Å². The first-order valence-electron chi connectivity index (χ1n) is 8.62. The van der Waals surface area contributed by atoms with Gasteiger partial charge < -0.3 is 9.88 Å². The summed E-state index contributed by atoms with van der Waals surface area (Å²) in [6, 6.07) is 15.3. The van der Waals surface area contributed by atoms with Crippen molar-refractivity contribution >= 4 is 35.0 Å². The summed E-state index contributed by atoms with van der Waals surface area (Å²) in [6.45, 7) is 4.22. The summed E-state index contributed by atoms with van der Waals surface area (Å²) >= 11 is 7.41. The maximum absolute atomic E-state index is 12.4. The Hall–Kier alpha value is -2.31. The third-order valence-corrected chi connectivity index (χ3v) is 5.36. The van der Waals surface area contributed by atoms with E-state index in [1.165, 1.54) is 11.8 Å². The molecule has 7 heteroatoms. The smallest absolute Gasteiger partial charge is 0.234 e. The van der Waals surface area contributed by atoms with Crippen molar-refractivity contribution in [2.45, 2.75) is 24.9 Å². The van der Waals surface area contributed by atoms with Crippen LogP contribution >= 0.6 is 23.4 Å². The predicted molar refractivity (Wildman–Crippen MR) is 111 cm³/mol. The summed E-state index contributed by atoms with van der Waals surface area (Å²) in [5.41, 5.74) is 2.87. The number of anilines is 1. The average Bonchev–Trinajstić information content (AvgIpc) is 3.01. The number of benzene rings is 2. The lowest BCUT2D eigenvalue weighted by atomic mass is 10.0. The van der Waals surface area contributed by atoms with Gasteiger partial charge in [0.25, 0.3) is 0 Å². The molecule has 0 unspecified atom stereocenters. The molecule has 0 spiro atoms. The Bertz CT molecular complexity index is 955. The molecule has 0 aliphatic rings. The number of hydrogen-bond donors (Lipinski definition) is 1. The van der Waals surface area contributed by atoms with E-state index < -0.39 is 0 Å². The predicted octanol–water partition coefficient (Wildman–Crippen LogP) is 4.99. The number of amides is 1. The van der Waals surface area contributed by atoms with Crippen molar-refractivity contribution in [3.8, 4) is 11.4 Å². The molecule has 3 rings (SSSR count). The van der Waals surface area contributed by atoms with Crippen LogP contribution in [0.15, 0.2) is 53.7 Å². The lowest BCUT2D eigenvalue weighted by molar-refractivity contribution is -0.113. The highest BCUT2D eigenvalue weighted by Gasteiger charge is 2.14. The Balaban J connectivity index is 1.67. The Morgan fingerprint density at radius 3 is 2.70 bits per heavy atom. The first-order chi connectivity index (χ1) is 13.0. The normalized spacial score (nSPS) is 11.0. The molecule has 1 N–H and O–H groups in total. The molecular formula is C20H21ClN4OS. The van der Waals surface area contributed by atoms with E-state index in [4.69, 9.17) is 11.6 Å². The minimum absolute atomic E-state index is 0.0691. The summed E-state index contributed by atoms with van der Waals surface area (Å²) < 4.78 is 1.87. The van der Waals surface area contributed by atoms with Gasteiger partial charge in [-0.2, -0.15) is 0 Å². The maximum Gasteiger partial charge on any atom is 0.234 e. The molecule has 2 aromatic carbocycles. The topological polar surface area (TPSA) is 59.8 Å². The number of nitrogens with zero attached hydrogens (tertiary/aromatic N) is 3.